The molecule has 4 nitrogen and oxygen atoms in total. The van der Waals surface area contributed by atoms with Gasteiger partial charge in [-0.25, -0.2) is 0 Å². The Hall–Kier alpha value is -2.01. The SMILES string of the molecule is CCC(NC(=O)Cc1ccc(OC)c(OC)c1)c1ccc(Br)cc1. The number of methoxy groups -OCH3 is 2. The fourth-order valence-electron chi connectivity index (χ4n) is 2.54. The first-order chi connectivity index (χ1) is 11.6. The Labute approximate surface area is 151 Å². The van der Waals surface area contributed by atoms with E-state index in [4.69, 9.17) is 9.47 Å². The van der Waals surface area contributed by atoms with Crippen LogP contribution < -0.4 is 14.8 Å². The molecule has 2 aromatic carbocycles. The van der Waals surface area contributed by atoms with Crippen molar-refractivity contribution in [3.05, 3.63) is 58.1 Å². The molecule has 0 fully saturated rings. The summed E-state index contributed by atoms with van der Waals surface area (Å²) in [4.78, 5) is 12.4. The monoisotopic (exact) mass is 391 g/mol. The summed E-state index contributed by atoms with van der Waals surface area (Å²) >= 11 is 3.43. The van der Waals surface area contributed by atoms with Gasteiger partial charge in [0.1, 0.15) is 0 Å². The van der Waals surface area contributed by atoms with Crippen molar-refractivity contribution in [2.75, 3.05) is 14.2 Å². The van der Waals surface area contributed by atoms with Crippen LogP contribution in [0, 0.1) is 0 Å². The van der Waals surface area contributed by atoms with Gasteiger partial charge in [0.05, 0.1) is 26.7 Å². The molecule has 1 atom stereocenters. The fraction of sp³-hybridized carbons (Fsp3) is 0.316. The molecule has 0 saturated heterocycles. The number of benzene rings is 2. The number of rotatable bonds is 7. The van der Waals surface area contributed by atoms with Crippen LogP contribution in [0.5, 0.6) is 11.5 Å². The third-order valence-electron chi connectivity index (χ3n) is 3.83. The minimum absolute atomic E-state index is 0.00532. The summed E-state index contributed by atoms with van der Waals surface area (Å²) in [6.07, 6.45) is 1.13. The molecule has 0 spiro atoms. The lowest BCUT2D eigenvalue weighted by Gasteiger charge is -2.18. The first-order valence-corrected chi connectivity index (χ1v) is 8.62. The molecule has 1 N–H and O–H groups in total. The Morgan fingerprint density at radius 2 is 1.75 bits per heavy atom. The number of nitrogens with one attached hydrogen (secondary N) is 1. The van der Waals surface area contributed by atoms with Crippen LogP contribution in [0.2, 0.25) is 0 Å². The van der Waals surface area contributed by atoms with Crippen LogP contribution in [0.15, 0.2) is 46.9 Å². The number of carbonyl (C=O) groups is 1. The van der Waals surface area contributed by atoms with Gasteiger partial charge >= 0.3 is 0 Å². The molecule has 0 radical (unpaired) electrons. The van der Waals surface area contributed by atoms with Gasteiger partial charge in [-0.3, -0.25) is 4.79 Å². The predicted octanol–water partition coefficient (Wildman–Crippen LogP) is 4.28. The van der Waals surface area contributed by atoms with Gasteiger partial charge in [-0.15, -0.1) is 0 Å². The second-order valence-electron chi connectivity index (χ2n) is 5.45. The summed E-state index contributed by atoms with van der Waals surface area (Å²) in [6, 6.07) is 13.5. The van der Waals surface area contributed by atoms with Crippen LogP contribution >= 0.6 is 15.9 Å². The van der Waals surface area contributed by atoms with E-state index in [1.807, 2.05) is 42.5 Å². The van der Waals surface area contributed by atoms with E-state index in [0.29, 0.717) is 17.9 Å². The van der Waals surface area contributed by atoms with Crippen molar-refractivity contribution in [1.82, 2.24) is 5.32 Å². The van der Waals surface area contributed by atoms with Crippen LogP contribution in [0.25, 0.3) is 0 Å². The van der Waals surface area contributed by atoms with Crippen molar-refractivity contribution in [2.45, 2.75) is 25.8 Å². The van der Waals surface area contributed by atoms with E-state index in [1.54, 1.807) is 14.2 Å². The second kappa shape index (κ2) is 8.73. The minimum Gasteiger partial charge on any atom is -0.493 e. The van der Waals surface area contributed by atoms with E-state index in [0.717, 1.165) is 22.0 Å². The third kappa shape index (κ3) is 4.74. The summed E-state index contributed by atoms with van der Waals surface area (Å²) in [5.41, 5.74) is 1.98. The molecule has 2 rings (SSSR count). The smallest absolute Gasteiger partial charge is 0.224 e. The Morgan fingerprint density at radius 3 is 2.33 bits per heavy atom. The molecule has 24 heavy (non-hydrogen) atoms. The first-order valence-electron chi connectivity index (χ1n) is 7.83. The van der Waals surface area contributed by atoms with E-state index < -0.39 is 0 Å². The zero-order valence-electron chi connectivity index (χ0n) is 14.1. The second-order valence-corrected chi connectivity index (χ2v) is 6.36. The van der Waals surface area contributed by atoms with Crippen molar-refractivity contribution in [2.24, 2.45) is 0 Å². The molecule has 0 aliphatic carbocycles. The zero-order valence-corrected chi connectivity index (χ0v) is 15.7. The van der Waals surface area contributed by atoms with Gasteiger partial charge in [-0.2, -0.15) is 0 Å². The molecule has 1 amide bonds. The number of amides is 1. The minimum atomic E-state index is -0.0167. The Balaban J connectivity index is 2.05. The summed E-state index contributed by atoms with van der Waals surface area (Å²) in [7, 11) is 3.18. The van der Waals surface area contributed by atoms with E-state index >= 15 is 0 Å². The van der Waals surface area contributed by atoms with Crippen LogP contribution in [0.3, 0.4) is 0 Å². The van der Waals surface area contributed by atoms with E-state index in [-0.39, 0.29) is 11.9 Å². The average Bonchev–Trinajstić information content (AvgIpc) is 2.60. The van der Waals surface area contributed by atoms with E-state index in [1.165, 1.54) is 0 Å². The van der Waals surface area contributed by atoms with Gasteiger partial charge in [0.15, 0.2) is 11.5 Å². The van der Waals surface area contributed by atoms with Gasteiger partial charge in [-0.1, -0.05) is 41.1 Å². The van der Waals surface area contributed by atoms with Gasteiger partial charge in [0.2, 0.25) is 5.91 Å². The van der Waals surface area contributed by atoms with Gasteiger partial charge < -0.3 is 14.8 Å². The van der Waals surface area contributed by atoms with Crippen molar-refractivity contribution in [3.63, 3.8) is 0 Å². The topological polar surface area (TPSA) is 47.6 Å². The van der Waals surface area contributed by atoms with Gasteiger partial charge in [-0.05, 0) is 41.8 Å². The Bertz CT molecular complexity index is 686. The van der Waals surface area contributed by atoms with Gasteiger partial charge in [0, 0.05) is 4.47 Å². The molecule has 0 aliphatic heterocycles. The molecule has 0 bridgehead atoms. The molecule has 0 heterocycles. The third-order valence-corrected chi connectivity index (χ3v) is 4.36. The summed E-state index contributed by atoms with van der Waals surface area (Å²) < 4.78 is 11.5. The van der Waals surface area contributed by atoms with Crippen LogP contribution in [0.1, 0.15) is 30.5 Å². The maximum Gasteiger partial charge on any atom is 0.224 e. The van der Waals surface area contributed by atoms with E-state index in [9.17, 15) is 4.79 Å². The van der Waals surface area contributed by atoms with Gasteiger partial charge in [0.25, 0.3) is 0 Å². The number of ether oxygens (including phenoxy) is 2. The highest BCUT2D eigenvalue weighted by Gasteiger charge is 2.14. The molecule has 0 aliphatic rings. The van der Waals surface area contributed by atoms with Crippen LogP contribution in [0.4, 0.5) is 0 Å². The highest BCUT2D eigenvalue weighted by atomic mass is 79.9. The highest BCUT2D eigenvalue weighted by Crippen LogP contribution is 2.28. The lowest BCUT2D eigenvalue weighted by atomic mass is 10.0. The number of hydrogen-bond acceptors (Lipinski definition) is 3. The quantitative estimate of drug-likeness (QED) is 0.765. The molecule has 0 aromatic heterocycles. The van der Waals surface area contributed by atoms with Crippen molar-refractivity contribution in [1.29, 1.82) is 0 Å². The average molecular weight is 392 g/mol. The van der Waals surface area contributed by atoms with E-state index in [2.05, 4.69) is 28.2 Å². The molecule has 128 valence electrons. The molecule has 1 unspecified atom stereocenters. The Morgan fingerprint density at radius 1 is 1.08 bits per heavy atom. The fourth-order valence-corrected chi connectivity index (χ4v) is 2.80. The van der Waals surface area contributed by atoms with Crippen LogP contribution in [-0.2, 0) is 11.2 Å². The summed E-state index contributed by atoms with van der Waals surface area (Å²) in [5.74, 6) is 1.27. The zero-order chi connectivity index (χ0) is 17.5. The maximum absolute atomic E-state index is 12.4. The maximum atomic E-state index is 12.4. The molecule has 2 aromatic rings. The molecular formula is C19H22BrNO3. The number of halogens is 1. The standard InChI is InChI=1S/C19H22BrNO3/c1-4-16(14-6-8-15(20)9-7-14)21-19(22)12-13-5-10-17(23-2)18(11-13)24-3/h5-11,16H,4,12H2,1-3H3,(H,21,22). The van der Waals surface area contributed by atoms with Crippen molar-refractivity contribution >= 4 is 21.8 Å². The Kier molecular flexibility index (Phi) is 6.67. The molecule has 5 heteroatoms. The molecule has 0 saturated carbocycles. The lowest BCUT2D eigenvalue weighted by molar-refractivity contribution is -0.121. The summed E-state index contributed by atoms with van der Waals surface area (Å²) in [6.45, 7) is 2.06. The predicted molar refractivity (Wildman–Crippen MR) is 98.6 cm³/mol. The van der Waals surface area contributed by atoms with Crippen molar-refractivity contribution in [3.8, 4) is 11.5 Å². The highest BCUT2D eigenvalue weighted by molar-refractivity contribution is 9.10. The summed E-state index contributed by atoms with van der Waals surface area (Å²) in [5, 5.41) is 3.09. The number of carbonyl (C=O) groups excluding carboxylic acids is 1. The normalized spacial score (nSPS) is 11.7. The van der Waals surface area contributed by atoms with Crippen molar-refractivity contribution < 1.29 is 14.3 Å². The largest absolute Gasteiger partial charge is 0.493 e. The lowest BCUT2D eigenvalue weighted by Crippen LogP contribution is -2.29. The van der Waals surface area contributed by atoms with Crippen LogP contribution in [-0.4, -0.2) is 20.1 Å². The number of hydrogen-bond donors (Lipinski definition) is 1. The molecular weight excluding hydrogens is 370 g/mol. The first kappa shape index (κ1) is 18.3.